The molecule has 14 heavy (non-hydrogen) atoms. The summed E-state index contributed by atoms with van der Waals surface area (Å²) in [5, 5.41) is 0. The van der Waals surface area contributed by atoms with Crippen molar-refractivity contribution in [1.82, 2.24) is 0 Å². The van der Waals surface area contributed by atoms with Crippen molar-refractivity contribution >= 4 is 0 Å². The van der Waals surface area contributed by atoms with Crippen LogP contribution in [0.3, 0.4) is 0 Å². The molecule has 0 amide bonds. The fourth-order valence-electron chi connectivity index (χ4n) is 3.09. The smallest absolute Gasteiger partial charge is 0.171 e. The summed E-state index contributed by atoms with van der Waals surface area (Å²) in [5.41, 5.74) is 0. The van der Waals surface area contributed by atoms with Gasteiger partial charge in [0, 0.05) is 32.0 Å². The first-order valence-electron chi connectivity index (χ1n) is 5.41. The second-order valence-corrected chi connectivity index (χ2v) is 4.35. The fraction of sp³-hybridized carbons (Fsp3) is 0.833. The van der Waals surface area contributed by atoms with Crippen LogP contribution in [0.2, 0.25) is 0 Å². The molecular formula is C12H18O2. The molecule has 0 radical (unpaired) electrons. The van der Waals surface area contributed by atoms with Gasteiger partial charge in [0.15, 0.2) is 5.79 Å². The van der Waals surface area contributed by atoms with E-state index < -0.39 is 0 Å². The minimum absolute atomic E-state index is 0.301. The van der Waals surface area contributed by atoms with E-state index in [0.717, 1.165) is 25.4 Å². The average Bonchev–Trinajstić information content (AvgIpc) is 2.53. The zero-order chi connectivity index (χ0) is 10.2. The minimum atomic E-state index is -0.301. The maximum absolute atomic E-state index is 5.73. The molecular weight excluding hydrogens is 176 g/mol. The quantitative estimate of drug-likeness (QED) is 0.505. The van der Waals surface area contributed by atoms with Gasteiger partial charge in [-0.25, -0.2) is 0 Å². The summed E-state index contributed by atoms with van der Waals surface area (Å²) in [6, 6.07) is 0. The van der Waals surface area contributed by atoms with E-state index >= 15 is 0 Å². The van der Waals surface area contributed by atoms with Gasteiger partial charge >= 0.3 is 0 Å². The first-order valence-corrected chi connectivity index (χ1v) is 5.41. The highest BCUT2D eigenvalue weighted by atomic mass is 16.7. The van der Waals surface area contributed by atoms with Gasteiger partial charge in [-0.3, -0.25) is 0 Å². The number of ether oxygens (including phenoxy) is 2. The number of terminal acetylenes is 1. The molecule has 2 saturated carbocycles. The molecule has 0 saturated heterocycles. The Balaban J connectivity index is 2.03. The molecule has 4 atom stereocenters. The monoisotopic (exact) mass is 194 g/mol. The van der Waals surface area contributed by atoms with Crippen LogP contribution in [0, 0.1) is 30.1 Å². The van der Waals surface area contributed by atoms with Crippen molar-refractivity contribution in [3.05, 3.63) is 0 Å². The Labute approximate surface area is 86.0 Å². The van der Waals surface area contributed by atoms with Crippen molar-refractivity contribution in [1.29, 1.82) is 0 Å². The van der Waals surface area contributed by atoms with Crippen molar-refractivity contribution in [2.24, 2.45) is 17.8 Å². The summed E-state index contributed by atoms with van der Waals surface area (Å²) >= 11 is 0. The van der Waals surface area contributed by atoms with Crippen LogP contribution < -0.4 is 0 Å². The largest absolute Gasteiger partial charge is 0.353 e. The molecule has 0 aliphatic heterocycles. The number of methoxy groups -OCH3 is 1. The van der Waals surface area contributed by atoms with E-state index in [9.17, 15) is 0 Å². The van der Waals surface area contributed by atoms with E-state index in [-0.39, 0.29) is 5.79 Å². The first-order chi connectivity index (χ1) is 6.75. The molecule has 0 spiro atoms. The molecule has 0 aromatic heterocycles. The number of hydrogen-bond donors (Lipinski definition) is 0. The second-order valence-electron chi connectivity index (χ2n) is 4.35. The van der Waals surface area contributed by atoms with Gasteiger partial charge in [0.1, 0.15) is 0 Å². The van der Waals surface area contributed by atoms with Crippen molar-refractivity contribution in [2.45, 2.75) is 32.0 Å². The highest BCUT2D eigenvalue weighted by Crippen LogP contribution is 2.57. The van der Waals surface area contributed by atoms with E-state index in [2.05, 4.69) is 5.92 Å². The summed E-state index contributed by atoms with van der Waals surface area (Å²) < 4.78 is 11.3. The summed E-state index contributed by atoms with van der Waals surface area (Å²) in [6.45, 7) is 2.74. The number of rotatable bonds is 3. The lowest BCUT2D eigenvalue weighted by Crippen LogP contribution is -2.55. The maximum atomic E-state index is 5.73. The predicted molar refractivity (Wildman–Crippen MR) is 54.5 cm³/mol. The predicted octanol–water partition coefficient (Wildman–Crippen LogP) is 2.04. The van der Waals surface area contributed by atoms with Crippen molar-refractivity contribution in [3.63, 3.8) is 0 Å². The van der Waals surface area contributed by atoms with E-state index in [4.69, 9.17) is 15.9 Å². The van der Waals surface area contributed by atoms with Crippen LogP contribution in [0.1, 0.15) is 26.2 Å². The molecule has 2 heteroatoms. The SMILES string of the molecule is C#CC1CC2[C@H](C1)CC2(OC)OCC. The standard InChI is InChI=1S/C12H18O2/c1-4-9-6-10-8-12(13-3,14-5-2)11(10)7-9/h1,9-11H,5-8H2,2-3H3/t9?,10-,11?,12?/m1/s1. The van der Waals surface area contributed by atoms with Crippen LogP contribution in [-0.4, -0.2) is 19.5 Å². The van der Waals surface area contributed by atoms with Gasteiger partial charge in [0.2, 0.25) is 0 Å². The van der Waals surface area contributed by atoms with Crippen LogP contribution in [0.4, 0.5) is 0 Å². The lowest BCUT2D eigenvalue weighted by molar-refractivity contribution is -0.313. The normalized spacial score (nSPS) is 45.4. The zero-order valence-electron chi connectivity index (χ0n) is 8.95. The molecule has 3 unspecified atom stereocenters. The molecule has 0 aromatic rings. The third kappa shape index (κ3) is 1.27. The lowest BCUT2D eigenvalue weighted by atomic mass is 9.70. The molecule has 78 valence electrons. The van der Waals surface area contributed by atoms with E-state index in [0.29, 0.717) is 11.8 Å². The molecule has 2 rings (SSSR count). The van der Waals surface area contributed by atoms with Gasteiger partial charge in [-0.2, -0.15) is 0 Å². The zero-order valence-corrected chi connectivity index (χ0v) is 8.95. The Morgan fingerprint density at radius 1 is 1.50 bits per heavy atom. The van der Waals surface area contributed by atoms with Crippen LogP contribution in [0.5, 0.6) is 0 Å². The molecule has 0 bridgehead atoms. The van der Waals surface area contributed by atoms with Gasteiger partial charge in [-0.15, -0.1) is 12.3 Å². The molecule has 2 fully saturated rings. The van der Waals surface area contributed by atoms with Crippen molar-refractivity contribution < 1.29 is 9.47 Å². The molecule has 0 N–H and O–H groups in total. The Morgan fingerprint density at radius 2 is 2.29 bits per heavy atom. The van der Waals surface area contributed by atoms with Gasteiger partial charge in [-0.05, 0) is 25.7 Å². The Hall–Kier alpha value is -0.520. The average molecular weight is 194 g/mol. The molecule has 2 nitrogen and oxygen atoms in total. The van der Waals surface area contributed by atoms with Crippen molar-refractivity contribution in [2.75, 3.05) is 13.7 Å². The van der Waals surface area contributed by atoms with Crippen LogP contribution in [0.15, 0.2) is 0 Å². The number of hydrogen-bond acceptors (Lipinski definition) is 2. The molecule has 0 aromatic carbocycles. The van der Waals surface area contributed by atoms with Crippen molar-refractivity contribution in [3.8, 4) is 12.3 Å². The van der Waals surface area contributed by atoms with Crippen LogP contribution in [-0.2, 0) is 9.47 Å². The van der Waals surface area contributed by atoms with Gasteiger partial charge in [0.05, 0.1) is 0 Å². The van der Waals surface area contributed by atoms with Crippen LogP contribution >= 0.6 is 0 Å². The summed E-state index contributed by atoms with van der Waals surface area (Å²) in [7, 11) is 1.75. The van der Waals surface area contributed by atoms with E-state index in [1.165, 1.54) is 6.42 Å². The minimum Gasteiger partial charge on any atom is -0.353 e. The summed E-state index contributed by atoms with van der Waals surface area (Å²) in [6.07, 6.45) is 8.73. The maximum Gasteiger partial charge on any atom is 0.171 e. The third-order valence-corrected chi connectivity index (χ3v) is 3.78. The highest BCUT2D eigenvalue weighted by molar-refractivity contribution is 5.09. The van der Waals surface area contributed by atoms with Gasteiger partial charge in [0.25, 0.3) is 0 Å². The van der Waals surface area contributed by atoms with Gasteiger partial charge < -0.3 is 9.47 Å². The van der Waals surface area contributed by atoms with E-state index in [1.807, 2.05) is 6.92 Å². The van der Waals surface area contributed by atoms with E-state index in [1.54, 1.807) is 7.11 Å². The second kappa shape index (κ2) is 3.56. The Morgan fingerprint density at radius 3 is 2.86 bits per heavy atom. The first kappa shape index (κ1) is 10.0. The van der Waals surface area contributed by atoms with Crippen LogP contribution in [0.25, 0.3) is 0 Å². The number of fused-ring (bicyclic) bond motifs is 1. The summed E-state index contributed by atoms with van der Waals surface area (Å²) in [4.78, 5) is 0. The Kier molecular flexibility index (Phi) is 2.55. The third-order valence-electron chi connectivity index (χ3n) is 3.78. The Bertz CT molecular complexity index is 256. The lowest BCUT2D eigenvalue weighted by Gasteiger charge is -2.50. The molecule has 0 heterocycles. The topological polar surface area (TPSA) is 18.5 Å². The highest BCUT2D eigenvalue weighted by Gasteiger charge is 2.59. The summed E-state index contributed by atoms with van der Waals surface area (Å²) in [5.74, 6) is 4.28. The molecule has 2 aliphatic carbocycles. The fourth-order valence-corrected chi connectivity index (χ4v) is 3.09. The molecule has 2 aliphatic rings. The van der Waals surface area contributed by atoms with Gasteiger partial charge in [-0.1, -0.05) is 0 Å².